The lowest BCUT2D eigenvalue weighted by Gasteiger charge is -2.09. The van der Waals surface area contributed by atoms with Crippen LogP contribution in [-0.2, 0) is 6.42 Å². The molecule has 94 valence electrons. The van der Waals surface area contributed by atoms with Gasteiger partial charge < -0.3 is 10.4 Å². The Labute approximate surface area is 103 Å². The summed E-state index contributed by atoms with van der Waals surface area (Å²) < 4.78 is 26.5. The second kappa shape index (κ2) is 5.44. The molecule has 0 saturated carbocycles. The number of aromatic hydroxyl groups is 1. The Balaban J connectivity index is 1.99. The lowest BCUT2D eigenvalue weighted by Crippen LogP contribution is -2.08. The zero-order valence-electron chi connectivity index (χ0n) is 9.53. The minimum atomic E-state index is -0.729. The summed E-state index contributed by atoms with van der Waals surface area (Å²) in [5, 5.41) is 12.2. The largest absolute Gasteiger partial charge is 0.508 e. The fraction of sp³-hybridized carbons (Fsp3) is 0.154. The van der Waals surface area contributed by atoms with Gasteiger partial charge >= 0.3 is 0 Å². The Morgan fingerprint density at radius 1 is 1.11 bits per heavy atom. The SMILES string of the molecule is Oc1ccccc1CCNc1c(F)cncc1F. The van der Waals surface area contributed by atoms with Crippen molar-refractivity contribution >= 4 is 5.69 Å². The number of nitrogens with zero attached hydrogens (tertiary/aromatic N) is 1. The van der Waals surface area contributed by atoms with Gasteiger partial charge in [0.05, 0.1) is 12.4 Å². The molecule has 1 aromatic heterocycles. The van der Waals surface area contributed by atoms with Gasteiger partial charge in [-0.15, -0.1) is 0 Å². The molecule has 0 radical (unpaired) electrons. The first kappa shape index (κ1) is 12.3. The lowest BCUT2D eigenvalue weighted by atomic mass is 10.1. The van der Waals surface area contributed by atoms with Crippen LogP contribution in [0.15, 0.2) is 36.7 Å². The van der Waals surface area contributed by atoms with Crippen LogP contribution in [0, 0.1) is 11.6 Å². The van der Waals surface area contributed by atoms with E-state index in [0.717, 1.165) is 18.0 Å². The van der Waals surface area contributed by atoms with Crippen molar-refractivity contribution in [2.24, 2.45) is 0 Å². The highest BCUT2D eigenvalue weighted by molar-refractivity contribution is 5.44. The third-order valence-electron chi connectivity index (χ3n) is 2.54. The van der Waals surface area contributed by atoms with E-state index in [-0.39, 0.29) is 11.4 Å². The molecule has 1 aromatic carbocycles. The van der Waals surface area contributed by atoms with E-state index in [0.29, 0.717) is 13.0 Å². The van der Waals surface area contributed by atoms with Crippen LogP contribution in [-0.4, -0.2) is 16.6 Å². The number of benzene rings is 1. The lowest BCUT2D eigenvalue weighted by molar-refractivity contribution is 0.468. The molecule has 18 heavy (non-hydrogen) atoms. The molecule has 2 aromatic rings. The molecule has 0 amide bonds. The van der Waals surface area contributed by atoms with Crippen LogP contribution < -0.4 is 5.32 Å². The summed E-state index contributed by atoms with van der Waals surface area (Å²) in [6.07, 6.45) is 2.37. The van der Waals surface area contributed by atoms with Gasteiger partial charge in [-0.05, 0) is 18.1 Å². The minimum Gasteiger partial charge on any atom is -0.508 e. The Bertz CT molecular complexity index is 526. The molecule has 2 rings (SSSR count). The summed E-state index contributed by atoms with van der Waals surface area (Å²) in [5.41, 5.74) is 0.528. The molecular formula is C13H12F2N2O. The minimum absolute atomic E-state index is 0.176. The third kappa shape index (κ3) is 2.74. The van der Waals surface area contributed by atoms with E-state index in [2.05, 4.69) is 10.3 Å². The highest BCUT2D eigenvalue weighted by Crippen LogP contribution is 2.18. The Morgan fingerprint density at radius 3 is 2.44 bits per heavy atom. The third-order valence-corrected chi connectivity index (χ3v) is 2.54. The predicted molar refractivity (Wildman–Crippen MR) is 64.5 cm³/mol. The highest BCUT2D eigenvalue weighted by Gasteiger charge is 2.08. The molecule has 0 bridgehead atoms. The number of hydrogen-bond acceptors (Lipinski definition) is 3. The standard InChI is InChI=1S/C13H12F2N2O/c14-10-7-16-8-11(15)13(10)17-6-5-9-3-1-2-4-12(9)18/h1-4,7-8,18H,5-6H2,(H,16,17). The number of phenols is 1. The van der Waals surface area contributed by atoms with Gasteiger partial charge in [0.15, 0.2) is 11.6 Å². The second-order valence-corrected chi connectivity index (χ2v) is 3.78. The number of aromatic nitrogens is 1. The van der Waals surface area contributed by atoms with E-state index in [4.69, 9.17) is 0 Å². The molecule has 1 heterocycles. The van der Waals surface area contributed by atoms with Crippen LogP contribution in [0.5, 0.6) is 5.75 Å². The molecule has 0 spiro atoms. The maximum absolute atomic E-state index is 13.2. The summed E-state index contributed by atoms with van der Waals surface area (Å²) in [6.45, 7) is 0.315. The van der Waals surface area contributed by atoms with Crippen molar-refractivity contribution in [1.29, 1.82) is 0 Å². The number of para-hydroxylation sites is 1. The van der Waals surface area contributed by atoms with Crippen LogP contribution in [0.4, 0.5) is 14.5 Å². The zero-order chi connectivity index (χ0) is 13.0. The molecule has 0 aliphatic rings. The van der Waals surface area contributed by atoms with Gasteiger partial charge in [-0.1, -0.05) is 18.2 Å². The van der Waals surface area contributed by atoms with E-state index < -0.39 is 11.6 Å². The van der Waals surface area contributed by atoms with E-state index in [1.807, 2.05) is 0 Å². The fourth-order valence-electron chi connectivity index (χ4n) is 1.62. The van der Waals surface area contributed by atoms with Crippen molar-refractivity contribution in [1.82, 2.24) is 4.98 Å². The van der Waals surface area contributed by atoms with Gasteiger partial charge in [-0.3, -0.25) is 4.98 Å². The molecule has 0 saturated heterocycles. The number of nitrogens with one attached hydrogen (secondary N) is 1. The molecule has 5 heteroatoms. The molecule has 0 unspecified atom stereocenters. The van der Waals surface area contributed by atoms with E-state index in [1.54, 1.807) is 24.3 Å². The summed E-state index contributed by atoms with van der Waals surface area (Å²) in [5.74, 6) is -1.28. The van der Waals surface area contributed by atoms with E-state index in [9.17, 15) is 13.9 Å². The van der Waals surface area contributed by atoms with Crippen molar-refractivity contribution in [3.8, 4) is 5.75 Å². The van der Waals surface area contributed by atoms with E-state index >= 15 is 0 Å². The summed E-state index contributed by atoms with van der Waals surface area (Å²) in [6, 6.07) is 6.84. The number of pyridine rings is 1. The van der Waals surface area contributed by atoms with Crippen molar-refractivity contribution in [2.75, 3.05) is 11.9 Å². The Hall–Kier alpha value is -2.17. The summed E-state index contributed by atoms with van der Waals surface area (Å²) >= 11 is 0. The maximum Gasteiger partial charge on any atom is 0.167 e. The molecule has 0 atom stereocenters. The molecule has 0 aliphatic heterocycles. The van der Waals surface area contributed by atoms with Crippen molar-refractivity contribution in [3.05, 3.63) is 53.9 Å². The smallest absolute Gasteiger partial charge is 0.167 e. The summed E-state index contributed by atoms with van der Waals surface area (Å²) in [7, 11) is 0. The molecule has 0 aliphatic carbocycles. The highest BCUT2D eigenvalue weighted by atomic mass is 19.1. The van der Waals surface area contributed by atoms with Gasteiger partial charge in [-0.25, -0.2) is 8.78 Å². The first-order valence-electron chi connectivity index (χ1n) is 5.48. The van der Waals surface area contributed by atoms with Crippen molar-refractivity contribution in [2.45, 2.75) is 6.42 Å². The van der Waals surface area contributed by atoms with Crippen LogP contribution in [0.3, 0.4) is 0 Å². The normalized spacial score (nSPS) is 10.3. The first-order chi connectivity index (χ1) is 8.68. The Morgan fingerprint density at radius 2 is 1.78 bits per heavy atom. The maximum atomic E-state index is 13.2. The Kier molecular flexibility index (Phi) is 3.72. The quantitative estimate of drug-likeness (QED) is 0.877. The first-order valence-corrected chi connectivity index (χ1v) is 5.48. The fourth-order valence-corrected chi connectivity index (χ4v) is 1.62. The predicted octanol–water partition coefficient (Wildman–Crippen LogP) is 2.72. The number of anilines is 1. The van der Waals surface area contributed by atoms with Crippen LogP contribution >= 0.6 is 0 Å². The topological polar surface area (TPSA) is 45.1 Å². The van der Waals surface area contributed by atoms with Crippen molar-refractivity contribution in [3.63, 3.8) is 0 Å². The molecule has 3 nitrogen and oxygen atoms in total. The monoisotopic (exact) mass is 250 g/mol. The van der Waals surface area contributed by atoms with Crippen molar-refractivity contribution < 1.29 is 13.9 Å². The van der Waals surface area contributed by atoms with Gasteiger partial charge in [0.1, 0.15) is 11.4 Å². The van der Waals surface area contributed by atoms with Crippen LogP contribution in [0.2, 0.25) is 0 Å². The van der Waals surface area contributed by atoms with Gasteiger partial charge in [0, 0.05) is 6.54 Å². The second-order valence-electron chi connectivity index (χ2n) is 3.78. The van der Waals surface area contributed by atoms with Crippen LogP contribution in [0.1, 0.15) is 5.56 Å². The molecular weight excluding hydrogens is 238 g/mol. The van der Waals surface area contributed by atoms with Gasteiger partial charge in [0.25, 0.3) is 0 Å². The average Bonchev–Trinajstić information content (AvgIpc) is 2.35. The van der Waals surface area contributed by atoms with E-state index in [1.165, 1.54) is 0 Å². The molecule has 2 N–H and O–H groups in total. The average molecular weight is 250 g/mol. The number of hydrogen-bond donors (Lipinski definition) is 2. The van der Waals surface area contributed by atoms with Gasteiger partial charge in [0.2, 0.25) is 0 Å². The van der Waals surface area contributed by atoms with Gasteiger partial charge in [-0.2, -0.15) is 0 Å². The number of halogens is 2. The zero-order valence-corrected chi connectivity index (χ0v) is 9.53. The molecule has 0 fully saturated rings. The number of rotatable bonds is 4. The number of phenolic OH excluding ortho intramolecular Hbond substituents is 1. The summed E-state index contributed by atoms with van der Waals surface area (Å²) in [4.78, 5) is 3.39. The van der Waals surface area contributed by atoms with Crippen LogP contribution in [0.25, 0.3) is 0 Å².